The van der Waals surface area contributed by atoms with Gasteiger partial charge in [0.25, 0.3) is 0 Å². The maximum Gasteiger partial charge on any atom is 0.122 e. The molecule has 0 radical (unpaired) electrons. The summed E-state index contributed by atoms with van der Waals surface area (Å²) in [5, 5.41) is 0. The van der Waals surface area contributed by atoms with E-state index in [4.69, 9.17) is 15.2 Å². The second-order valence-corrected chi connectivity index (χ2v) is 4.64. The van der Waals surface area contributed by atoms with Crippen molar-refractivity contribution in [3.8, 4) is 5.75 Å². The summed E-state index contributed by atoms with van der Waals surface area (Å²) in [5.41, 5.74) is 8.43. The van der Waals surface area contributed by atoms with E-state index < -0.39 is 0 Å². The SMILES string of the molecule is COc1ccc(C)cc1C1(C(C)N)COC1. The highest BCUT2D eigenvalue weighted by molar-refractivity contribution is 5.44. The summed E-state index contributed by atoms with van der Waals surface area (Å²) in [6.45, 7) is 5.48. The van der Waals surface area contributed by atoms with Gasteiger partial charge in [0, 0.05) is 11.6 Å². The molecule has 2 N–H and O–H groups in total. The molecule has 0 bridgehead atoms. The van der Waals surface area contributed by atoms with Gasteiger partial charge >= 0.3 is 0 Å². The van der Waals surface area contributed by atoms with Gasteiger partial charge < -0.3 is 15.2 Å². The lowest BCUT2D eigenvalue weighted by molar-refractivity contribution is -0.0710. The largest absolute Gasteiger partial charge is 0.496 e. The van der Waals surface area contributed by atoms with Crippen molar-refractivity contribution in [2.75, 3.05) is 20.3 Å². The molecule has 16 heavy (non-hydrogen) atoms. The van der Waals surface area contributed by atoms with Crippen LogP contribution in [0.1, 0.15) is 18.1 Å². The minimum atomic E-state index is -0.0721. The standard InChI is InChI=1S/C13H19NO2/c1-9-4-5-12(15-3)11(6-9)13(10(2)14)7-16-8-13/h4-6,10H,7-8,14H2,1-3H3. The van der Waals surface area contributed by atoms with Gasteiger partial charge in [0.1, 0.15) is 5.75 Å². The molecule has 1 aliphatic heterocycles. The summed E-state index contributed by atoms with van der Waals surface area (Å²) in [4.78, 5) is 0. The molecule has 1 aromatic rings. The average molecular weight is 221 g/mol. The zero-order valence-electron chi connectivity index (χ0n) is 10.1. The molecule has 1 unspecified atom stereocenters. The molecule has 0 amide bonds. The van der Waals surface area contributed by atoms with Crippen LogP contribution in [-0.2, 0) is 10.2 Å². The van der Waals surface area contributed by atoms with Crippen molar-refractivity contribution in [1.82, 2.24) is 0 Å². The first kappa shape index (κ1) is 11.4. The molecule has 0 aromatic heterocycles. The van der Waals surface area contributed by atoms with Crippen LogP contribution in [0.15, 0.2) is 18.2 Å². The third kappa shape index (κ3) is 1.60. The molecule has 0 spiro atoms. The summed E-state index contributed by atoms with van der Waals surface area (Å²) in [7, 11) is 1.70. The van der Waals surface area contributed by atoms with E-state index in [2.05, 4.69) is 19.1 Å². The summed E-state index contributed by atoms with van der Waals surface area (Å²) in [5.74, 6) is 0.909. The van der Waals surface area contributed by atoms with Gasteiger partial charge in [-0.05, 0) is 19.9 Å². The molecule has 1 aliphatic rings. The lowest BCUT2D eigenvalue weighted by Crippen LogP contribution is -2.57. The van der Waals surface area contributed by atoms with Gasteiger partial charge in [0.15, 0.2) is 0 Å². The summed E-state index contributed by atoms with van der Waals surface area (Å²) < 4.78 is 10.8. The van der Waals surface area contributed by atoms with Crippen molar-refractivity contribution in [3.05, 3.63) is 29.3 Å². The molecule has 88 valence electrons. The van der Waals surface area contributed by atoms with Gasteiger partial charge in [-0.2, -0.15) is 0 Å². The quantitative estimate of drug-likeness (QED) is 0.843. The Labute approximate surface area is 96.5 Å². The molecule has 2 rings (SSSR count). The van der Waals surface area contributed by atoms with E-state index in [1.807, 2.05) is 13.0 Å². The number of ether oxygens (including phenoxy) is 2. The molecule has 1 saturated heterocycles. The number of hydrogen-bond acceptors (Lipinski definition) is 3. The Morgan fingerprint density at radius 2 is 2.12 bits per heavy atom. The number of rotatable bonds is 3. The highest BCUT2D eigenvalue weighted by Crippen LogP contribution is 2.40. The molecule has 3 heteroatoms. The molecule has 1 aromatic carbocycles. The molecular formula is C13H19NO2. The molecule has 1 fully saturated rings. The van der Waals surface area contributed by atoms with Crippen molar-refractivity contribution in [2.24, 2.45) is 5.73 Å². The molecule has 3 nitrogen and oxygen atoms in total. The Morgan fingerprint density at radius 1 is 1.44 bits per heavy atom. The number of aryl methyl sites for hydroxylation is 1. The number of nitrogens with two attached hydrogens (primary N) is 1. The Balaban J connectivity index is 2.48. The maximum absolute atomic E-state index is 6.10. The maximum atomic E-state index is 6.10. The molecule has 0 saturated carbocycles. The van der Waals surface area contributed by atoms with Crippen LogP contribution in [-0.4, -0.2) is 26.4 Å². The van der Waals surface area contributed by atoms with Crippen molar-refractivity contribution in [2.45, 2.75) is 25.3 Å². The van der Waals surface area contributed by atoms with E-state index in [-0.39, 0.29) is 11.5 Å². The third-order valence-corrected chi connectivity index (χ3v) is 3.48. The van der Waals surface area contributed by atoms with E-state index >= 15 is 0 Å². The second kappa shape index (κ2) is 4.07. The van der Waals surface area contributed by atoms with Crippen LogP contribution in [0, 0.1) is 6.92 Å². The first-order valence-electron chi connectivity index (χ1n) is 5.58. The van der Waals surface area contributed by atoms with Gasteiger partial charge in [-0.25, -0.2) is 0 Å². The number of benzene rings is 1. The molecule has 1 atom stereocenters. The zero-order valence-corrected chi connectivity index (χ0v) is 10.1. The minimum absolute atomic E-state index is 0.0666. The van der Waals surface area contributed by atoms with Gasteiger partial charge in [-0.15, -0.1) is 0 Å². The van der Waals surface area contributed by atoms with Crippen molar-refractivity contribution in [1.29, 1.82) is 0 Å². The summed E-state index contributed by atoms with van der Waals surface area (Å²) in [6.07, 6.45) is 0. The normalized spacial score (nSPS) is 20.0. The van der Waals surface area contributed by atoms with Crippen LogP contribution in [0.25, 0.3) is 0 Å². The van der Waals surface area contributed by atoms with Crippen LogP contribution in [0.4, 0.5) is 0 Å². The van der Waals surface area contributed by atoms with E-state index in [9.17, 15) is 0 Å². The Bertz CT molecular complexity index is 384. The minimum Gasteiger partial charge on any atom is -0.496 e. The first-order chi connectivity index (χ1) is 7.60. The van der Waals surface area contributed by atoms with Crippen LogP contribution in [0.5, 0.6) is 5.75 Å². The van der Waals surface area contributed by atoms with Crippen LogP contribution in [0.2, 0.25) is 0 Å². The monoisotopic (exact) mass is 221 g/mol. The fraction of sp³-hybridized carbons (Fsp3) is 0.538. The summed E-state index contributed by atoms with van der Waals surface area (Å²) >= 11 is 0. The van der Waals surface area contributed by atoms with Crippen molar-refractivity contribution < 1.29 is 9.47 Å². The van der Waals surface area contributed by atoms with E-state index in [1.165, 1.54) is 11.1 Å². The van der Waals surface area contributed by atoms with Gasteiger partial charge in [0.2, 0.25) is 0 Å². The van der Waals surface area contributed by atoms with Crippen molar-refractivity contribution in [3.63, 3.8) is 0 Å². The predicted octanol–water partition coefficient (Wildman–Crippen LogP) is 1.62. The molecule has 0 aliphatic carbocycles. The average Bonchev–Trinajstić information content (AvgIpc) is 2.15. The summed E-state index contributed by atoms with van der Waals surface area (Å²) in [6, 6.07) is 6.28. The second-order valence-electron chi connectivity index (χ2n) is 4.64. The number of methoxy groups -OCH3 is 1. The molecule has 1 heterocycles. The molecular weight excluding hydrogens is 202 g/mol. The van der Waals surface area contributed by atoms with Gasteiger partial charge in [0.05, 0.1) is 25.7 Å². The predicted molar refractivity (Wildman–Crippen MR) is 63.9 cm³/mol. The van der Waals surface area contributed by atoms with Crippen LogP contribution in [0.3, 0.4) is 0 Å². The fourth-order valence-electron chi connectivity index (χ4n) is 2.20. The van der Waals surface area contributed by atoms with E-state index in [1.54, 1.807) is 7.11 Å². The Morgan fingerprint density at radius 3 is 2.56 bits per heavy atom. The third-order valence-electron chi connectivity index (χ3n) is 3.48. The van der Waals surface area contributed by atoms with Crippen molar-refractivity contribution >= 4 is 0 Å². The van der Waals surface area contributed by atoms with Gasteiger partial charge in [-0.3, -0.25) is 0 Å². The van der Waals surface area contributed by atoms with E-state index in [0.29, 0.717) is 13.2 Å². The Hall–Kier alpha value is -1.06. The fourth-order valence-corrected chi connectivity index (χ4v) is 2.20. The lowest BCUT2D eigenvalue weighted by atomic mass is 9.72. The smallest absolute Gasteiger partial charge is 0.122 e. The highest BCUT2D eigenvalue weighted by Gasteiger charge is 2.45. The first-order valence-corrected chi connectivity index (χ1v) is 5.58. The Kier molecular flexibility index (Phi) is 2.91. The van der Waals surface area contributed by atoms with Gasteiger partial charge in [-0.1, -0.05) is 17.7 Å². The van der Waals surface area contributed by atoms with Crippen LogP contribution >= 0.6 is 0 Å². The topological polar surface area (TPSA) is 44.5 Å². The van der Waals surface area contributed by atoms with E-state index in [0.717, 1.165) is 5.75 Å². The lowest BCUT2D eigenvalue weighted by Gasteiger charge is -2.45. The zero-order chi connectivity index (χ0) is 11.8. The van der Waals surface area contributed by atoms with Crippen LogP contribution < -0.4 is 10.5 Å². The number of hydrogen-bond donors (Lipinski definition) is 1. The highest BCUT2D eigenvalue weighted by atomic mass is 16.5.